The summed E-state index contributed by atoms with van der Waals surface area (Å²) in [5, 5.41) is 0. The normalized spacial score (nSPS) is 10.2. The third kappa shape index (κ3) is 7.73. The smallest absolute Gasteiger partial charge is 0.132 e. The summed E-state index contributed by atoms with van der Waals surface area (Å²) < 4.78 is 0. The van der Waals surface area contributed by atoms with E-state index < -0.39 is 0 Å². The molecule has 0 atom stereocenters. The van der Waals surface area contributed by atoms with Gasteiger partial charge in [-0.2, -0.15) is 0 Å². The molecule has 0 saturated heterocycles. The second-order valence-electron chi connectivity index (χ2n) is 3.20. The molecule has 0 aromatic carbocycles. The van der Waals surface area contributed by atoms with Crippen molar-refractivity contribution in [1.82, 2.24) is 0 Å². The first-order valence-electron chi connectivity index (χ1n) is 5.03. The second-order valence-corrected chi connectivity index (χ2v) is 3.20. The SMILES string of the molecule is CCC(=O)CCCCCCCN. The molecule has 0 aliphatic carbocycles. The molecule has 0 aromatic heterocycles. The molecular weight excluding hydrogens is 150 g/mol. The molecule has 0 saturated carbocycles. The molecule has 2 nitrogen and oxygen atoms in total. The van der Waals surface area contributed by atoms with Gasteiger partial charge in [0.15, 0.2) is 0 Å². The van der Waals surface area contributed by atoms with Crippen molar-refractivity contribution >= 4 is 5.78 Å². The molecule has 0 bridgehead atoms. The van der Waals surface area contributed by atoms with E-state index in [4.69, 9.17) is 5.73 Å². The van der Waals surface area contributed by atoms with Crippen LogP contribution < -0.4 is 5.73 Å². The van der Waals surface area contributed by atoms with Crippen LogP contribution in [0, 0.1) is 0 Å². The van der Waals surface area contributed by atoms with E-state index >= 15 is 0 Å². The van der Waals surface area contributed by atoms with Gasteiger partial charge in [-0.25, -0.2) is 0 Å². The van der Waals surface area contributed by atoms with Crippen molar-refractivity contribution in [2.75, 3.05) is 6.54 Å². The van der Waals surface area contributed by atoms with Gasteiger partial charge in [-0.1, -0.05) is 26.2 Å². The van der Waals surface area contributed by atoms with Gasteiger partial charge in [0.25, 0.3) is 0 Å². The molecule has 0 unspecified atom stereocenters. The summed E-state index contributed by atoms with van der Waals surface area (Å²) >= 11 is 0. The fraction of sp³-hybridized carbons (Fsp3) is 0.900. The van der Waals surface area contributed by atoms with Crippen LogP contribution in [0.3, 0.4) is 0 Å². The zero-order valence-corrected chi connectivity index (χ0v) is 8.14. The van der Waals surface area contributed by atoms with Crippen molar-refractivity contribution in [2.24, 2.45) is 5.73 Å². The van der Waals surface area contributed by atoms with Crippen molar-refractivity contribution in [3.63, 3.8) is 0 Å². The molecule has 0 amide bonds. The van der Waals surface area contributed by atoms with E-state index in [2.05, 4.69) is 0 Å². The molecule has 0 aromatic rings. The number of carbonyl (C=O) groups is 1. The number of unbranched alkanes of at least 4 members (excludes halogenated alkanes) is 4. The molecule has 2 heteroatoms. The summed E-state index contributed by atoms with van der Waals surface area (Å²) in [6.45, 7) is 2.73. The third-order valence-electron chi connectivity index (χ3n) is 2.05. The first-order chi connectivity index (χ1) is 5.81. The van der Waals surface area contributed by atoms with Crippen LogP contribution in [0.1, 0.15) is 51.9 Å². The first-order valence-corrected chi connectivity index (χ1v) is 5.03. The minimum Gasteiger partial charge on any atom is -0.330 e. The van der Waals surface area contributed by atoms with Gasteiger partial charge in [0.2, 0.25) is 0 Å². The highest BCUT2D eigenvalue weighted by molar-refractivity contribution is 5.77. The Hall–Kier alpha value is -0.370. The Morgan fingerprint density at radius 1 is 1.08 bits per heavy atom. The molecule has 0 fully saturated rings. The molecule has 12 heavy (non-hydrogen) atoms. The highest BCUT2D eigenvalue weighted by Crippen LogP contribution is 2.05. The quantitative estimate of drug-likeness (QED) is 0.569. The predicted molar refractivity (Wildman–Crippen MR) is 52.1 cm³/mol. The Morgan fingerprint density at radius 3 is 2.25 bits per heavy atom. The molecule has 0 heterocycles. The Balaban J connectivity index is 2.95. The monoisotopic (exact) mass is 171 g/mol. The number of Topliss-reactive ketones (excluding diaryl/α,β-unsaturated/α-hetero) is 1. The van der Waals surface area contributed by atoms with Crippen molar-refractivity contribution in [3.05, 3.63) is 0 Å². The topological polar surface area (TPSA) is 43.1 Å². The fourth-order valence-corrected chi connectivity index (χ4v) is 1.17. The van der Waals surface area contributed by atoms with Crippen LogP contribution in [0.15, 0.2) is 0 Å². The summed E-state index contributed by atoms with van der Waals surface area (Å²) in [5.74, 6) is 0.397. The van der Waals surface area contributed by atoms with E-state index in [9.17, 15) is 4.79 Å². The van der Waals surface area contributed by atoms with Gasteiger partial charge in [-0.3, -0.25) is 4.79 Å². The molecular formula is C10H21NO. The molecule has 0 aliphatic rings. The van der Waals surface area contributed by atoms with Crippen molar-refractivity contribution in [2.45, 2.75) is 51.9 Å². The number of rotatable bonds is 8. The van der Waals surface area contributed by atoms with Crippen molar-refractivity contribution in [1.29, 1.82) is 0 Å². The van der Waals surface area contributed by atoms with Crippen LogP contribution in [-0.2, 0) is 4.79 Å². The van der Waals surface area contributed by atoms with Gasteiger partial charge in [-0.15, -0.1) is 0 Å². The molecule has 0 rings (SSSR count). The summed E-state index contributed by atoms with van der Waals surface area (Å²) in [6, 6.07) is 0. The lowest BCUT2D eigenvalue weighted by atomic mass is 10.1. The van der Waals surface area contributed by atoms with Crippen LogP contribution >= 0.6 is 0 Å². The number of hydrogen-bond donors (Lipinski definition) is 1. The Kier molecular flexibility index (Phi) is 8.46. The first kappa shape index (κ1) is 11.6. The fourth-order valence-electron chi connectivity index (χ4n) is 1.17. The largest absolute Gasteiger partial charge is 0.330 e. The van der Waals surface area contributed by atoms with E-state index in [-0.39, 0.29) is 0 Å². The summed E-state index contributed by atoms with van der Waals surface area (Å²) in [5.41, 5.74) is 5.36. The van der Waals surface area contributed by atoms with Crippen LogP contribution in [0.4, 0.5) is 0 Å². The van der Waals surface area contributed by atoms with Crippen LogP contribution in [0.5, 0.6) is 0 Å². The van der Waals surface area contributed by atoms with Crippen molar-refractivity contribution in [3.8, 4) is 0 Å². The maximum Gasteiger partial charge on any atom is 0.132 e. The maximum atomic E-state index is 10.9. The van der Waals surface area contributed by atoms with Crippen LogP contribution in [0.25, 0.3) is 0 Å². The highest BCUT2D eigenvalue weighted by atomic mass is 16.1. The minimum atomic E-state index is 0.397. The van der Waals surface area contributed by atoms with Gasteiger partial charge in [0, 0.05) is 12.8 Å². The maximum absolute atomic E-state index is 10.9. The summed E-state index contributed by atoms with van der Waals surface area (Å²) in [7, 11) is 0. The predicted octanol–water partition coefficient (Wildman–Crippen LogP) is 2.26. The zero-order chi connectivity index (χ0) is 9.23. The minimum absolute atomic E-state index is 0.397. The standard InChI is InChI=1S/C10H21NO/c1-2-10(12)8-6-4-3-5-7-9-11/h2-9,11H2,1H3. The summed E-state index contributed by atoms with van der Waals surface area (Å²) in [6.07, 6.45) is 7.30. The van der Waals surface area contributed by atoms with Gasteiger partial charge in [-0.05, 0) is 19.4 Å². The molecule has 2 N–H and O–H groups in total. The van der Waals surface area contributed by atoms with E-state index in [1.807, 2.05) is 6.92 Å². The molecule has 72 valence electrons. The molecule has 0 aliphatic heterocycles. The van der Waals surface area contributed by atoms with Gasteiger partial charge in [0.1, 0.15) is 5.78 Å². The number of nitrogens with two attached hydrogens (primary N) is 1. The van der Waals surface area contributed by atoms with E-state index in [0.29, 0.717) is 12.2 Å². The average Bonchev–Trinajstić information content (AvgIpc) is 2.10. The zero-order valence-electron chi connectivity index (χ0n) is 8.14. The lowest BCUT2D eigenvalue weighted by Crippen LogP contribution is -1.98. The average molecular weight is 171 g/mol. The van der Waals surface area contributed by atoms with Gasteiger partial charge in [0.05, 0.1) is 0 Å². The Bertz CT molecular complexity index is 112. The number of ketones is 1. The Labute approximate surface area is 75.5 Å². The summed E-state index contributed by atoms with van der Waals surface area (Å²) in [4.78, 5) is 10.9. The van der Waals surface area contributed by atoms with Crippen molar-refractivity contribution < 1.29 is 4.79 Å². The van der Waals surface area contributed by atoms with Crippen LogP contribution in [-0.4, -0.2) is 12.3 Å². The van der Waals surface area contributed by atoms with Gasteiger partial charge >= 0.3 is 0 Å². The van der Waals surface area contributed by atoms with E-state index in [0.717, 1.165) is 25.8 Å². The second kappa shape index (κ2) is 8.72. The lowest BCUT2D eigenvalue weighted by molar-refractivity contribution is -0.118. The molecule has 0 spiro atoms. The third-order valence-corrected chi connectivity index (χ3v) is 2.05. The lowest BCUT2D eigenvalue weighted by Gasteiger charge is -1.98. The number of hydrogen-bond acceptors (Lipinski definition) is 2. The van der Waals surface area contributed by atoms with Gasteiger partial charge < -0.3 is 5.73 Å². The highest BCUT2D eigenvalue weighted by Gasteiger charge is 1.96. The molecule has 0 radical (unpaired) electrons. The van der Waals surface area contributed by atoms with E-state index in [1.165, 1.54) is 19.3 Å². The van der Waals surface area contributed by atoms with Crippen LogP contribution in [0.2, 0.25) is 0 Å². The number of carbonyl (C=O) groups excluding carboxylic acids is 1. The Morgan fingerprint density at radius 2 is 1.67 bits per heavy atom. The van der Waals surface area contributed by atoms with E-state index in [1.54, 1.807) is 0 Å².